The van der Waals surface area contributed by atoms with Crippen LogP contribution in [0, 0.1) is 24.0 Å². The molecule has 0 amide bonds. The Bertz CT molecular complexity index is 619. The van der Waals surface area contributed by atoms with Gasteiger partial charge in [0.05, 0.1) is 5.56 Å². The largest absolute Gasteiger partial charge is 0.204 e. The van der Waals surface area contributed by atoms with Gasteiger partial charge in [-0.3, -0.25) is 0 Å². The van der Waals surface area contributed by atoms with Crippen molar-refractivity contribution in [1.82, 2.24) is 0 Å². The summed E-state index contributed by atoms with van der Waals surface area (Å²) in [5.74, 6) is 0.630. The van der Waals surface area contributed by atoms with Gasteiger partial charge in [-0.15, -0.1) is 6.42 Å². The molecule has 2 heteroatoms. The van der Waals surface area contributed by atoms with E-state index in [1.807, 2.05) is 26.0 Å². The molecule has 17 heavy (non-hydrogen) atoms. The molecule has 0 N–H and O–H groups in total. The fraction of sp³-hybridized carbons (Fsp3) is 0.200. The SMILES string of the molecule is C#Cc1c(F)c(F)cc2cccc(C(C)C)c12. The molecule has 0 heterocycles. The molecule has 0 nitrogen and oxygen atoms in total. The molecule has 0 saturated heterocycles. The minimum absolute atomic E-state index is 0.0179. The van der Waals surface area contributed by atoms with E-state index in [2.05, 4.69) is 5.92 Å². The maximum Gasteiger partial charge on any atom is 0.175 e. The van der Waals surface area contributed by atoms with Crippen LogP contribution >= 0.6 is 0 Å². The molecule has 0 unspecified atom stereocenters. The Morgan fingerprint density at radius 2 is 1.94 bits per heavy atom. The zero-order valence-corrected chi connectivity index (χ0v) is 9.72. The fourth-order valence-corrected chi connectivity index (χ4v) is 2.04. The van der Waals surface area contributed by atoms with Crippen LogP contribution in [0.15, 0.2) is 24.3 Å². The Kier molecular flexibility index (Phi) is 2.85. The van der Waals surface area contributed by atoms with Crippen molar-refractivity contribution >= 4 is 10.8 Å². The van der Waals surface area contributed by atoms with Crippen molar-refractivity contribution in [1.29, 1.82) is 0 Å². The highest BCUT2D eigenvalue weighted by atomic mass is 19.2. The topological polar surface area (TPSA) is 0 Å². The summed E-state index contributed by atoms with van der Waals surface area (Å²) in [5.41, 5.74) is 0.957. The Morgan fingerprint density at radius 3 is 2.53 bits per heavy atom. The second kappa shape index (κ2) is 4.18. The summed E-state index contributed by atoms with van der Waals surface area (Å²) in [6.07, 6.45) is 5.30. The van der Waals surface area contributed by atoms with Crippen molar-refractivity contribution in [2.75, 3.05) is 0 Å². The normalized spacial score (nSPS) is 10.8. The van der Waals surface area contributed by atoms with Crippen molar-refractivity contribution in [2.45, 2.75) is 19.8 Å². The Balaban J connectivity index is 2.99. The summed E-state index contributed by atoms with van der Waals surface area (Å²) in [6.45, 7) is 3.99. The maximum atomic E-state index is 13.7. The van der Waals surface area contributed by atoms with E-state index in [9.17, 15) is 8.78 Å². The lowest BCUT2D eigenvalue weighted by Crippen LogP contribution is -1.97. The van der Waals surface area contributed by atoms with Crippen LogP contribution in [0.3, 0.4) is 0 Å². The summed E-state index contributed by atoms with van der Waals surface area (Å²) < 4.78 is 27.0. The van der Waals surface area contributed by atoms with Crippen LogP contribution in [0.4, 0.5) is 8.78 Å². The van der Waals surface area contributed by atoms with Gasteiger partial charge in [0.1, 0.15) is 0 Å². The lowest BCUT2D eigenvalue weighted by atomic mass is 9.92. The molecule has 0 spiro atoms. The first-order valence-corrected chi connectivity index (χ1v) is 5.43. The first-order chi connectivity index (χ1) is 8.06. The lowest BCUT2D eigenvalue weighted by Gasteiger charge is -2.12. The molecule has 2 aromatic rings. The van der Waals surface area contributed by atoms with Crippen molar-refractivity contribution < 1.29 is 8.78 Å². The van der Waals surface area contributed by atoms with E-state index in [1.54, 1.807) is 6.07 Å². The quantitative estimate of drug-likeness (QED) is 0.643. The van der Waals surface area contributed by atoms with Gasteiger partial charge in [-0.2, -0.15) is 0 Å². The molecular weight excluding hydrogens is 218 g/mol. The third-order valence-electron chi connectivity index (χ3n) is 2.86. The summed E-state index contributed by atoms with van der Waals surface area (Å²) in [6, 6.07) is 6.66. The van der Waals surface area contributed by atoms with Crippen molar-refractivity contribution in [3.05, 3.63) is 47.0 Å². The highest BCUT2D eigenvalue weighted by Crippen LogP contribution is 2.30. The molecule has 0 bridgehead atoms. The van der Waals surface area contributed by atoms with Crippen LogP contribution in [0.25, 0.3) is 10.8 Å². The highest BCUT2D eigenvalue weighted by molar-refractivity contribution is 5.91. The molecule has 0 atom stereocenters. The van der Waals surface area contributed by atoms with Crippen molar-refractivity contribution in [3.63, 3.8) is 0 Å². The Labute approximate surface area is 99.3 Å². The van der Waals surface area contributed by atoms with Crippen molar-refractivity contribution in [3.8, 4) is 12.3 Å². The predicted molar refractivity (Wildman–Crippen MR) is 65.9 cm³/mol. The van der Waals surface area contributed by atoms with E-state index >= 15 is 0 Å². The molecule has 2 rings (SSSR count). The molecule has 0 aliphatic rings. The third-order valence-corrected chi connectivity index (χ3v) is 2.86. The smallest absolute Gasteiger partial charge is 0.175 e. The predicted octanol–water partition coefficient (Wildman–Crippen LogP) is 4.22. The standard InChI is InChI=1S/C15H12F2/c1-4-11-14-10(8-13(16)15(11)17)6-5-7-12(14)9(2)3/h1,5-9H,2-3H3. The average Bonchev–Trinajstić information content (AvgIpc) is 2.30. The first kappa shape index (κ1) is 11.6. The molecule has 0 saturated carbocycles. The number of halogens is 2. The molecule has 2 aromatic carbocycles. The Morgan fingerprint density at radius 1 is 1.24 bits per heavy atom. The van der Waals surface area contributed by atoms with Gasteiger partial charge in [-0.25, -0.2) is 8.78 Å². The zero-order valence-electron chi connectivity index (χ0n) is 9.72. The van der Waals surface area contributed by atoms with E-state index < -0.39 is 11.6 Å². The highest BCUT2D eigenvalue weighted by Gasteiger charge is 2.15. The number of fused-ring (bicyclic) bond motifs is 1. The van der Waals surface area contributed by atoms with Crippen LogP contribution in [-0.4, -0.2) is 0 Å². The van der Waals surface area contributed by atoms with Crippen LogP contribution < -0.4 is 0 Å². The Hall–Kier alpha value is -1.88. The summed E-state index contributed by atoms with van der Waals surface area (Å²) in [7, 11) is 0. The summed E-state index contributed by atoms with van der Waals surface area (Å²) >= 11 is 0. The van der Waals surface area contributed by atoms with E-state index in [4.69, 9.17) is 6.42 Å². The van der Waals surface area contributed by atoms with Gasteiger partial charge in [0.25, 0.3) is 0 Å². The van der Waals surface area contributed by atoms with E-state index in [0.29, 0.717) is 10.8 Å². The second-order valence-electron chi connectivity index (χ2n) is 4.29. The van der Waals surface area contributed by atoms with Crippen LogP contribution in [0.5, 0.6) is 0 Å². The minimum atomic E-state index is -0.937. The maximum absolute atomic E-state index is 13.7. The van der Waals surface area contributed by atoms with Gasteiger partial charge in [-0.1, -0.05) is 38.0 Å². The van der Waals surface area contributed by atoms with Gasteiger partial charge in [0, 0.05) is 5.39 Å². The van der Waals surface area contributed by atoms with Gasteiger partial charge in [0.2, 0.25) is 0 Å². The van der Waals surface area contributed by atoms with Crippen LogP contribution in [0.2, 0.25) is 0 Å². The van der Waals surface area contributed by atoms with E-state index in [-0.39, 0.29) is 11.5 Å². The van der Waals surface area contributed by atoms with Gasteiger partial charge < -0.3 is 0 Å². The molecule has 0 aliphatic carbocycles. The first-order valence-electron chi connectivity index (χ1n) is 5.43. The van der Waals surface area contributed by atoms with Gasteiger partial charge >= 0.3 is 0 Å². The summed E-state index contributed by atoms with van der Waals surface area (Å²) in [5, 5.41) is 1.28. The second-order valence-corrected chi connectivity index (χ2v) is 4.29. The number of hydrogen-bond donors (Lipinski definition) is 0. The number of terminal acetylenes is 1. The molecule has 86 valence electrons. The summed E-state index contributed by atoms with van der Waals surface area (Å²) in [4.78, 5) is 0. The number of hydrogen-bond acceptors (Lipinski definition) is 0. The minimum Gasteiger partial charge on any atom is -0.204 e. The monoisotopic (exact) mass is 230 g/mol. The average molecular weight is 230 g/mol. The van der Waals surface area contributed by atoms with Crippen LogP contribution in [0.1, 0.15) is 30.9 Å². The molecule has 0 fully saturated rings. The molecule has 0 radical (unpaired) electrons. The molecular formula is C15H12F2. The van der Waals surface area contributed by atoms with Gasteiger partial charge in [0.15, 0.2) is 11.6 Å². The van der Waals surface area contributed by atoms with Crippen molar-refractivity contribution in [2.24, 2.45) is 0 Å². The fourth-order valence-electron chi connectivity index (χ4n) is 2.04. The lowest BCUT2D eigenvalue weighted by molar-refractivity contribution is 0.509. The third kappa shape index (κ3) is 1.78. The van der Waals surface area contributed by atoms with E-state index in [1.165, 1.54) is 6.07 Å². The van der Waals surface area contributed by atoms with Crippen LogP contribution in [-0.2, 0) is 0 Å². The van der Waals surface area contributed by atoms with E-state index in [0.717, 1.165) is 5.56 Å². The molecule has 0 aromatic heterocycles. The number of rotatable bonds is 1. The number of benzene rings is 2. The zero-order chi connectivity index (χ0) is 12.6. The van der Waals surface area contributed by atoms with Gasteiger partial charge in [-0.05, 0) is 22.9 Å². The molecule has 0 aliphatic heterocycles.